The van der Waals surface area contributed by atoms with Crippen molar-refractivity contribution in [2.45, 2.75) is 179 Å². The minimum Gasteiger partial charge on any atom is -0.466 e. The maximum absolute atomic E-state index is 13.4. The number of aliphatic hydroxyl groups is 4. The maximum atomic E-state index is 13.4. The normalized spacial score (nSPS) is 37.1. The van der Waals surface area contributed by atoms with Crippen LogP contribution in [0.1, 0.15) is 113 Å². The Labute approximate surface area is 351 Å². The number of carbonyl (C=O) groups is 5. The van der Waals surface area contributed by atoms with Gasteiger partial charge in [-0.15, -0.1) is 0 Å². The van der Waals surface area contributed by atoms with E-state index in [0.717, 1.165) is 6.08 Å². The molecule has 4 rings (SSSR count). The molecule has 17 heteroatoms. The summed E-state index contributed by atoms with van der Waals surface area (Å²) < 4.78 is 46.5. The largest absolute Gasteiger partial charge is 0.466 e. The van der Waals surface area contributed by atoms with Gasteiger partial charge in [0.15, 0.2) is 11.9 Å². The molecule has 0 saturated carbocycles. The smallest absolute Gasteiger partial charge is 0.330 e. The third-order valence-corrected chi connectivity index (χ3v) is 11.9. The van der Waals surface area contributed by atoms with E-state index in [-0.39, 0.29) is 56.9 Å². The molecular formula is C43H64O17. The van der Waals surface area contributed by atoms with Crippen molar-refractivity contribution in [3.8, 4) is 0 Å². The molecule has 0 aromatic carbocycles. The number of carbonyl (C=O) groups excluding carboxylic acids is 5. The quantitative estimate of drug-likeness (QED) is 0.124. The van der Waals surface area contributed by atoms with E-state index in [0.29, 0.717) is 12.0 Å². The third-order valence-electron chi connectivity index (χ3n) is 11.9. The molecule has 3 saturated heterocycles. The highest BCUT2D eigenvalue weighted by Gasteiger charge is 2.59. The van der Waals surface area contributed by atoms with E-state index in [9.17, 15) is 44.4 Å². The Bertz CT molecular complexity index is 1660. The number of aliphatic hydroxyl groups excluding tert-OH is 2. The van der Waals surface area contributed by atoms with Crippen molar-refractivity contribution in [1.82, 2.24) is 0 Å². The van der Waals surface area contributed by atoms with E-state index >= 15 is 0 Å². The van der Waals surface area contributed by atoms with Crippen molar-refractivity contribution >= 4 is 29.8 Å². The second-order valence-electron chi connectivity index (χ2n) is 17.5. The molecular weight excluding hydrogens is 788 g/mol. The number of ether oxygens (including phenoxy) is 8. The van der Waals surface area contributed by atoms with Gasteiger partial charge in [0.25, 0.3) is 0 Å². The molecule has 60 heavy (non-hydrogen) atoms. The second kappa shape index (κ2) is 20.0. The molecule has 0 amide bonds. The first-order valence-electron chi connectivity index (χ1n) is 20.6. The average Bonchev–Trinajstić information content (AvgIpc) is 3.13. The van der Waals surface area contributed by atoms with E-state index in [1.807, 2.05) is 0 Å². The van der Waals surface area contributed by atoms with Crippen LogP contribution in [-0.4, -0.2) is 131 Å². The van der Waals surface area contributed by atoms with E-state index in [4.69, 9.17) is 37.9 Å². The molecule has 17 nitrogen and oxygen atoms in total. The van der Waals surface area contributed by atoms with Crippen LogP contribution in [0, 0.1) is 10.8 Å². The lowest BCUT2D eigenvalue weighted by Gasteiger charge is -2.53. The second-order valence-corrected chi connectivity index (χ2v) is 17.5. The van der Waals surface area contributed by atoms with Gasteiger partial charge in [0, 0.05) is 56.6 Å². The Kier molecular flexibility index (Phi) is 16.3. The lowest BCUT2D eigenvalue weighted by molar-refractivity contribution is -0.348. The Morgan fingerprint density at radius 2 is 1.57 bits per heavy atom. The highest BCUT2D eigenvalue weighted by atomic mass is 16.7. The van der Waals surface area contributed by atoms with Gasteiger partial charge >= 0.3 is 29.8 Å². The predicted octanol–water partition coefficient (Wildman–Crippen LogP) is 3.17. The zero-order valence-corrected chi connectivity index (χ0v) is 36.2. The summed E-state index contributed by atoms with van der Waals surface area (Å²) in [6.45, 7) is 11.0. The van der Waals surface area contributed by atoms with Crippen LogP contribution in [-0.2, 0) is 61.9 Å². The van der Waals surface area contributed by atoms with Crippen LogP contribution in [0.4, 0.5) is 0 Å². The van der Waals surface area contributed by atoms with Crippen LogP contribution in [0.5, 0.6) is 0 Å². The zero-order chi connectivity index (χ0) is 44.8. The number of esters is 5. The van der Waals surface area contributed by atoms with Crippen LogP contribution in [0.2, 0.25) is 0 Å². The molecule has 4 heterocycles. The maximum Gasteiger partial charge on any atom is 0.330 e. The van der Waals surface area contributed by atoms with Gasteiger partial charge in [-0.1, -0.05) is 52.3 Å². The molecule has 0 spiro atoms. The molecule has 3 fully saturated rings. The number of hydrogen-bond donors (Lipinski definition) is 4. The Balaban J connectivity index is 1.89. The number of fused-ring (bicyclic) bond motifs is 6. The lowest BCUT2D eigenvalue weighted by Crippen LogP contribution is -2.62. The number of methoxy groups -OCH3 is 2. The highest BCUT2D eigenvalue weighted by Crippen LogP contribution is 2.50. The Morgan fingerprint density at radius 3 is 2.18 bits per heavy atom. The first kappa shape index (κ1) is 49.0. The molecule has 0 aliphatic carbocycles. The summed E-state index contributed by atoms with van der Waals surface area (Å²) in [5.74, 6) is -8.01. The van der Waals surface area contributed by atoms with Gasteiger partial charge in [-0.2, -0.15) is 0 Å². The summed E-state index contributed by atoms with van der Waals surface area (Å²) in [7, 11) is 2.41. The molecule has 6 bridgehead atoms. The summed E-state index contributed by atoms with van der Waals surface area (Å²) >= 11 is 0. The molecule has 0 aromatic heterocycles. The minimum atomic E-state index is -2.41. The summed E-state index contributed by atoms with van der Waals surface area (Å²) in [5.41, 5.74) is -1.96. The van der Waals surface area contributed by atoms with E-state index in [1.165, 1.54) is 34.1 Å². The third kappa shape index (κ3) is 11.8. The monoisotopic (exact) mass is 852 g/mol. The first-order chi connectivity index (χ1) is 27.9. The molecule has 4 aliphatic rings. The van der Waals surface area contributed by atoms with E-state index < -0.39 is 114 Å². The SMILES string of the molecule is CCCC(=O)O[C@H]1/C(=C/C(=O)OC)C[C@H]2C[C@H]([C@@H](C)O)OC(=O)C[C@H](O)C[C@@H]3C[C@H](OC(C)=O)C(C)(C)[C@](O)(C[C@@H]4C/C(=C/C(=O)OC)C[C@H](/C=C/C(C)(C)[C@]1(O)O2)O4)O3. The molecule has 4 N–H and O–H groups in total. The van der Waals surface area contributed by atoms with Crippen LogP contribution in [0.25, 0.3) is 0 Å². The minimum absolute atomic E-state index is 0.00840. The average molecular weight is 853 g/mol. The van der Waals surface area contributed by atoms with Crippen LogP contribution in [0.3, 0.4) is 0 Å². The number of hydrogen-bond acceptors (Lipinski definition) is 17. The van der Waals surface area contributed by atoms with E-state index in [2.05, 4.69) is 0 Å². The fourth-order valence-corrected chi connectivity index (χ4v) is 8.34. The van der Waals surface area contributed by atoms with Crippen LogP contribution >= 0.6 is 0 Å². The van der Waals surface area contributed by atoms with Crippen molar-refractivity contribution in [2.24, 2.45) is 10.8 Å². The molecule has 0 radical (unpaired) electrons. The van der Waals surface area contributed by atoms with Crippen LogP contribution < -0.4 is 0 Å². The summed E-state index contributed by atoms with van der Waals surface area (Å²) in [5, 5.41) is 47.3. The molecule has 338 valence electrons. The highest BCUT2D eigenvalue weighted by molar-refractivity contribution is 5.83. The summed E-state index contributed by atoms with van der Waals surface area (Å²) in [6.07, 6.45) is -4.54. The standard InChI is InChI=1S/C43H64O17/c1-10-11-35(47)58-39-27(18-37(49)54-9)17-30-21-33(24(2)44)57-38(50)20-28(46)19-31-22-34(55-25(3)45)41(6,7)42(51,59-31)23-32-15-26(16-36(48)53-8)14-29(56-32)12-13-40(4,5)43(39,52)60-30/h12-13,16,18,24,28-34,39,44,46,51-52H,10-11,14-15,17,19-23H2,1-9H3/b13-12+,26-16+,27-18+/t24-,28-,29+,30+,31-,32+,33-,34+,39+,42+,43-/m1/s1. The van der Waals surface area contributed by atoms with Crippen molar-refractivity contribution in [3.63, 3.8) is 0 Å². The number of rotatable bonds is 7. The van der Waals surface area contributed by atoms with Gasteiger partial charge in [0.1, 0.15) is 12.2 Å². The van der Waals surface area contributed by atoms with Crippen LogP contribution in [0.15, 0.2) is 35.5 Å². The van der Waals surface area contributed by atoms with Gasteiger partial charge in [0.05, 0.1) is 62.7 Å². The Morgan fingerprint density at radius 1 is 0.900 bits per heavy atom. The van der Waals surface area contributed by atoms with Gasteiger partial charge in [-0.3, -0.25) is 14.4 Å². The fourth-order valence-electron chi connectivity index (χ4n) is 8.34. The molecule has 0 aromatic rings. The fraction of sp³-hybridized carbons (Fsp3) is 0.744. The van der Waals surface area contributed by atoms with Crippen molar-refractivity contribution in [1.29, 1.82) is 0 Å². The Hall–Kier alpha value is -3.71. The van der Waals surface area contributed by atoms with Gasteiger partial charge in [-0.25, -0.2) is 9.59 Å². The van der Waals surface area contributed by atoms with Gasteiger partial charge < -0.3 is 58.3 Å². The zero-order valence-electron chi connectivity index (χ0n) is 36.2. The predicted molar refractivity (Wildman–Crippen MR) is 210 cm³/mol. The van der Waals surface area contributed by atoms with Crippen molar-refractivity contribution in [3.05, 3.63) is 35.5 Å². The summed E-state index contributed by atoms with van der Waals surface area (Å²) in [4.78, 5) is 64.1. The molecule has 0 unspecified atom stereocenters. The molecule has 4 aliphatic heterocycles. The summed E-state index contributed by atoms with van der Waals surface area (Å²) in [6, 6.07) is 0. The molecule has 11 atom stereocenters. The topological polar surface area (TPSA) is 240 Å². The first-order valence-corrected chi connectivity index (χ1v) is 20.6. The van der Waals surface area contributed by atoms with E-state index in [1.54, 1.807) is 46.8 Å². The van der Waals surface area contributed by atoms with Gasteiger partial charge in [0.2, 0.25) is 5.79 Å². The number of cyclic esters (lactones) is 1. The van der Waals surface area contributed by atoms with Crippen molar-refractivity contribution in [2.75, 3.05) is 14.2 Å². The lowest BCUT2D eigenvalue weighted by atomic mass is 9.70. The van der Waals surface area contributed by atoms with Crippen molar-refractivity contribution < 1.29 is 82.3 Å². The van der Waals surface area contributed by atoms with Gasteiger partial charge in [-0.05, 0) is 38.2 Å².